The summed E-state index contributed by atoms with van der Waals surface area (Å²) in [5.41, 5.74) is 6.92. The number of rotatable bonds is 8. The van der Waals surface area contributed by atoms with Gasteiger partial charge in [-0.15, -0.1) is 0 Å². The molecule has 0 aliphatic carbocycles. The second kappa shape index (κ2) is 13.9. The van der Waals surface area contributed by atoms with E-state index in [4.69, 9.17) is 19.4 Å². The molecule has 2 fully saturated rings. The number of hydrogen-bond acceptors (Lipinski definition) is 7. The first-order valence-corrected chi connectivity index (χ1v) is 18.9. The van der Waals surface area contributed by atoms with Crippen molar-refractivity contribution in [2.24, 2.45) is 0 Å². The number of likely N-dealkylation sites (tertiary alicyclic amines) is 2. The Morgan fingerprint density at radius 3 is 2.47 bits per heavy atom. The first kappa shape index (κ1) is 34.7. The van der Waals surface area contributed by atoms with E-state index in [9.17, 15) is 14.4 Å². The number of nitrogens with zero attached hydrogens (tertiary/aromatic N) is 4. The Hall–Kier alpha value is -5.39. The van der Waals surface area contributed by atoms with Crippen molar-refractivity contribution in [2.45, 2.75) is 109 Å². The monoisotopic (exact) mass is 717 g/mol. The minimum Gasteiger partial charge on any atom is -0.488 e. The fourth-order valence-corrected chi connectivity index (χ4v) is 8.64. The summed E-state index contributed by atoms with van der Waals surface area (Å²) in [6.07, 6.45) is 6.55. The molecule has 5 atom stereocenters. The number of alkyl carbamates (subject to hydrolysis) is 1. The molecule has 0 unspecified atom stereocenters. The van der Waals surface area contributed by atoms with Gasteiger partial charge in [0.25, 0.3) is 0 Å². The highest BCUT2D eigenvalue weighted by Crippen LogP contribution is 2.44. The van der Waals surface area contributed by atoms with Gasteiger partial charge in [-0.05, 0) is 98.7 Å². The Kier molecular flexibility index (Phi) is 9.08. The van der Waals surface area contributed by atoms with Crippen molar-refractivity contribution in [1.82, 2.24) is 35.1 Å². The zero-order chi connectivity index (χ0) is 37.0. The van der Waals surface area contributed by atoms with E-state index in [2.05, 4.69) is 64.7 Å². The second-order valence-corrected chi connectivity index (χ2v) is 14.8. The molecule has 0 spiro atoms. The van der Waals surface area contributed by atoms with Crippen LogP contribution >= 0.6 is 0 Å². The van der Waals surface area contributed by atoms with Gasteiger partial charge in [0, 0.05) is 29.5 Å². The summed E-state index contributed by atoms with van der Waals surface area (Å²) in [7, 11) is 1.29. The molecule has 3 amide bonds. The maximum Gasteiger partial charge on any atom is 0.407 e. The molecule has 5 aromatic rings. The molecule has 3 aromatic carbocycles. The second-order valence-electron chi connectivity index (χ2n) is 14.8. The van der Waals surface area contributed by atoms with Gasteiger partial charge in [0.2, 0.25) is 11.8 Å². The summed E-state index contributed by atoms with van der Waals surface area (Å²) in [5.74, 6) is 2.46. The van der Waals surface area contributed by atoms with Crippen LogP contribution in [-0.2, 0) is 20.9 Å². The third kappa shape index (κ3) is 6.07. The fraction of sp³-hybridized carbons (Fsp3) is 0.439. The number of amides is 3. The molecule has 0 bridgehead atoms. The molecule has 53 heavy (non-hydrogen) atoms. The van der Waals surface area contributed by atoms with E-state index in [1.165, 1.54) is 7.11 Å². The zero-order valence-electron chi connectivity index (χ0n) is 31.0. The zero-order valence-corrected chi connectivity index (χ0v) is 31.0. The minimum absolute atomic E-state index is 0.0143. The van der Waals surface area contributed by atoms with Crippen molar-refractivity contribution in [2.75, 3.05) is 7.11 Å². The molecule has 0 saturated carbocycles. The molecular weight excluding hydrogens is 670 g/mol. The maximum atomic E-state index is 13.6. The van der Waals surface area contributed by atoms with Crippen LogP contribution in [0.15, 0.2) is 48.7 Å². The summed E-state index contributed by atoms with van der Waals surface area (Å²) in [6, 6.07) is 14.2. The highest BCUT2D eigenvalue weighted by atomic mass is 16.5. The number of fused-ring (bicyclic) bond motifs is 6. The normalized spacial score (nSPS) is 21.4. The van der Waals surface area contributed by atoms with E-state index >= 15 is 0 Å². The molecule has 276 valence electrons. The standard InChI is InChI=1S/C41H47N7O5/c1-6-8-36(49)47-22(3)9-16-34(47)39-43-31-14-12-24-18-29-27-13-11-25(17-26(27)21-53-35(29)19-28(24)37(31)46-39)32-20-42-38(44-32)33-15-10-23(4)48(33)40(50)30(7-2)45-41(51)52-5/h11-14,17-20,22-23,30,33-34H,6-10,15-16,21H2,1-5H3,(H,42,44)(H,43,46)(H,45,51)/t22-,23-,30-,33-,34-/m0/s1. The van der Waals surface area contributed by atoms with E-state index < -0.39 is 12.1 Å². The minimum atomic E-state index is -0.669. The Morgan fingerprint density at radius 2 is 1.72 bits per heavy atom. The lowest BCUT2D eigenvalue weighted by molar-refractivity contribution is -0.136. The number of aromatic amines is 2. The lowest BCUT2D eigenvalue weighted by Crippen LogP contribution is -2.50. The van der Waals surface area contributed by atoms with E-state index in [1.54, 1.807) is 0 Å². The molecule has 8 rings (SSSR count). The Morgan fingerprint density at radius 1 is 0.943 bits per heavy atom. The van der Waals surface area contributed by atoms with Crippen LogP contribution in [0.2, 0.25) is 0 Å². The Bertz CT molecular complexity index is 2220. The van der Waals surface area contributed by atoms with Gasteiger partial charge in [0.15, 0.2) is 0 Å². The van der Waals surface area contributed by atoms with Crippen LogP contribution in [0, 0.1) is 0 Å². The number of methoxy groups -OCH3 is 1. The molecule has 3 N–H and O–H groups in total. The number of carbonyl (C=O) groups is 3. The number of ether oxygens (including phenoxy) is 2. The highest BCUT2D eigenvalue weighted by Gasteiger charge is 2.40. The Labute approximate surface area is 308 Å². The lowest BCUT2D eigenvalue weighted by Gasteiger charge is -2.31. The van der Waals surface area contributed by atoms with Crippen molar-refractivity contribution in [3.63, 3.8) is 0 Å². The van der Waals surface area contributed by atoms with Gasteiger partial charge in [0.05, 0.1) is 42.1 Å². The quantitative estimate of drug-likeness (QED) is 0.149. The average molecular weight is 718 g/mol. The topological polar surface area (TPSA) is 146 Å². The molecule has 3 aliphatic rings. The van der Waals surface area contributed by atoms with Crippen molar-refractivity contribution in [1.29, 1.82) is 0 Å². The summed E-state index contributed by atoms with van der Waals surface area (Å²) in [5, 5.41) is 4.77. The van der Waals surface area contributed by atoms with E-state index in [0.29, 0.717) is 19.4 Å². The van der Waals surface area contributed by atoms with Crippen molar-refractivity contribution >= 4 is 39.7 Å². The number of imidazole rings is 2. The molecule has 12 nitrogen and oxygen atoms in total. The molecule has 0 radical (unpaired) electrons. The summed E-state index contributed by atoms with van der Waals surface area (Å²) < 4.78 is 11.2. The van der Waals surface area contributed by atoms with Crippen LogP contribution in [0.5, 0.6) is 5.75 Å². The fourth-order valence-electron chi connectivity index (χ4n) is 8.64. The van der Waals surface area contributed by atoms with Crippen molar-refractivity contribution < 1.29 is 23.9 Å². The first-order valence-electron chi connectivity index (χ1n) is 18.9. The molecule has 3 aliphatic heterocycles. The number of nitrogens with one attached hydrogen (secondary N) is 3. The van der Waals surface area contributed by atoms with Gasteiger partial charge < -0.3 is 34.6 Å². The van der Waals surface area contributed by atoms with Crippen LogP contribution < -0.4 is 10.1 Å². The van der Waals surface area contributed by atoms with Gasteiger partial charge in [-0.25, -0.2) is 14.8 Å². The van der Waals surface area contributed by atoms with Gasteiger partial charge in [0.1, 0.15) is 30.0 Å². The van der Waals surface area contributed by atoms with E-state index in [0.717, 1.165) is 99.3 Å². The molecule has 12 heteroatoms. The molecule has 2 aromatic heterocycles. The number of hydrogen-bond donors (Lipinski definition) is 3. The van der Waals surface area contributed by atoms with Crippen molar-refractivity contribution in [3.05, 3.63) is 65.9 Å². The summed E-state index contributed by atoms with van der Waals surface area (Å²) in [6.45, 7) is 8.51. The molecule has 5 heterocycles. The van der Waals surface area contributed by atoms with Crippen LogP contribution in [-0.4, -0.2) is 72.9 Å². The smallest absolute Gasteiger partial charge is 0.407 e. The van der Waals surface area contributed by atoms with E-state index in [1.807, 2.05) is 36.8 Å². The van der Waals surface area contributed by atoms with Gasteiger partial charge in [-0.3, -0.25) is 9.59 Å². The van der Waals surface area contributed by atoms with Crippen LogP contribution in [0.4, 0.5) is 4.79 Å². The summed E-state index contributed by atoms with van der Waals surface area (Å²) >= 11 is 0. The Balaban J connectivity index is 1.06. The van der Waals surface area contributed by atoms with E-state index in [-0.39, 0.29) is 36.0 Å². The SMILES string of the molecule is CCCC(=O)N1[C@@H](C)CC[C@H]1c1nc2c(ccc3cc4c(cc32)OCc2cc(-c3cnc([C@@H]5CC[C@H](C)N5C(=O)[C@H](CC)NC(=O)OC)[nH]3)ccc2-4)[nH]1. The maximum absolute atomic E-state index is 13.6. The number of aromatic nitrogens is 4. The third-order valence-corrected chi connectivity index (χ3v) is 11.4. The van der Waals surface area contributed by atoms with Crippen LogP contribution in [0.3, 0.4) is 0 Å². The third-order valence-electron chi connectivity index (χ3n) is 11.4. The highest BCUT2D eigenvalue weighted by molar-refractivity contribution is 6.07. The van der Waals surface area contributed by atoms with Gasteiger partial charge >= 0.3 is 6.09 Å². The van der Waals surface area contributed by atoms with Crippen LogP contribution in [0.1, 0.15) is 102 Å². The number of benzene rings is 3. The molecule has 2 saturated heterocycles. The lowest BCUT2D eigenvalue weighted by atomic mass is 9.92. The number of carbonyl (C=O) groups excluding carboxylic acids is 3. The van der Waals surface area contributed by atoms with Gasteiger partial charge in [-0.2, -0.15) is 0 Å². The number of H-pyrrole nitrogens is 2. The largest absolute Gasteiger partial charge is 0.488 e. The predicted molar refractivity (Wildman–Crippen MR) is 202 cm³/mol. The molecular formula is C41H47N7O5. The average Bonchev–Trinajstić information content (AvgIpc) is 3.98. The first-order chi connectivity index (χ1) is 25.7. The van der Waals surface area contributed by atoms with Crippen molar-refractivity contribution in [3.8, 4) is 28.1 Å². The summed E-state index contributed by atoms with van der Waals surface area (Å²) in [4.78, 5) is 59.3. The predicted octanol–water partition coefficient (Wildman–Crippen LogP) is 7.70. The van der Waals surface area contributed by atoms with Gasteiger partial charge in [-0.1, -0.05) is 32.0 Å². The van der Waals surface area contributed by atoms with Crippen LogP contribution in [0.25, 0.3) is 44.2 Å².